The topological polar surface area (TPSA) is 63.2 Å². The second-order valence-electron chi connectivity index (χ2n) is 4.26. The van der Waals surface area contributed by atoms with Crippen molar-refractivity contribution in [3.05, 3.63) is 40.3 Å². The molecule has 0 aliphatic rings. The normalized spacial score (nSPS) is 10.3. The number of nitrogens with one attached hydrogen (secondary N) is 2. The monoisotopic (exact) mass is 291 g/mol. The average Bonchev–Trinajstić information content (AvgIpc) is 2.84. The lowest BCUT2D eigenvalue weighted by Gasteiger charge is -2.07. The van der Waals surface area contributed by atoms with Gasteiger partial charge in [0.05, 0.1) is 11.6 Å². The second-order valence-corrected chi connectivity index (χ2v) is 5.58. The van der Waals surface area contributed by atoms with Gasteiger partial charge in [0.2, 0.25) is 5.91 Å². The molecule has 1 amide bonds. The van der Waals surface area contributed by atoms with Crippen LogP contribution in [0.5, 0.6) is 0 Å². The Labute approximate surface area is 122 Å². The number of carbonyl (C=O) groups is 1. The fraction of sp³-hybridized carbons (Fsp3) is 0.286. The number of nitrogens with zero attached hydrogens (tertiary/aromatic N) is 1. The molecule has 1 heterocycles. The largest absolute Gasteiger partial charge is 0.380 e. The molecule has 0 bridgehead atoms. The predicted octanol–water partition coefficient (Wildman–Crippen LogP) is 2.65. The first-order valence-electron chi connectivity index (χ1n) is 6.21. The van der Waals surface area contributed by atoms with Crippen molar-refractivity contribution in [2.75, 3.05) is 24.4 Å². The van der Waals surface area contributed by atoms with Crippen molar-refractivity contribution in [1.82, 2.24) is 4.98 Å². The molecule has 0 atom stereocenters. The lowest BCUT2D eigenvalue weighted by atomic mass is 10.2. The highest BCUT2D eigenvalue weighted by Gasteiger charge is 2.02. The van der Waals surface area contributed by atoms with Crippen LogP contribution in [0.4, 0.5) is 11.4 Å². The Morgan fingerprint density at radius 2 is 2.00 bits per heavy atom. The zero-order chi connectivity index (χ0) is 14.4. The van der Waals surface area contributed by atoms with Crippen LogP contribution in [0.3, 0.4) is 0 Å². The van der Waals surface area contributed by atoms with Gasteiger partial charge in [-0.1, -0.05) is 0 Å². The Bertz CT molecular complexity index is 566. The summed E-state index contributed by atoms with van der Waals surface area (Å²) in [4.78, 5) is 16.8. The maximum atomic E-state index is 11.4. The number of methoxy groups -OCH3 is 1. The Morgan fingerprint density at radius 3 is 2.60 bits per heavy atom. The van der Waals surface area contributed by atoms with Crippen LogP contribution >= 0.6 is 11.3 Å². The molecule has 2 rings (SSSR count). The van der Waals surface area contributed by atoms with E-state index >= 15 is 0 Å². The molecule has 0 aliphatic heterocycles. The van der Waals surface area contributed by atoms with Crippen LogP contribution in [-0.4, -0.2) is 24.6 Å². The van der Waals surface area contributed by atoms with Crippen molar-refractivity contribution in [2.45, 2.75) is 13.5 Å². The average molecular weight is 291 g/mol. The van der Waals surface area contributed by atoms with E-state index in [1.807, 2.05) is 37.4 Å². The van der Waals surface area contributed by atoms with Gasteiger partial charge in [-0.15, -0.1) is 11.3 Å². The molecule has 0 saturated heterocycles. The zero-order valence-electron chi connectivity index (χ0n) is 11.5. The smallest absolute Gasteiger partial charge is 0.250 e. The molecule has 20 heavy (non-hydrogen) atoms. The van der Waals surface area contributed by atoms with Crippen LogP contribution in [0.2, 0.25) is 0 Å². The zero-order valence-corrected chi connectivity index (χ0v) is 12.3. The van der Waals surface area contributed by atoms with Crippen molar-refractivity contribution in [1.29, 1.82) is 0 Å². The van der Waals surface area contributed by atoms with E-state index in [0.717, 1.165) is 22.9 Å². The van der Waals surface area contributed by atoms with Gasteiger partial charge >= 0.3 is 0 Å². The molecular formula is C14H17N3O2S. The summed E-state index contributed by atoms with van der Waals surface area (Å²) in [5.41, 5.74) is 1.76. The molecule has 0 aliphatic carbocycles. The van der Waals surface area contributed by atoms with E-state index in [-0.39, 0.29) is 12.5 Å². The van der Waals surface area contributed by atoms with E-state index < -0.39 is 0 Å². The van der Waals surface area contributed by atoms with Gasteiger partial charge in [-0.2, -0.15) is 0 Å². The van der Waals surface area contributed by atoms with Gasteiger partial charge in [0.25, 0.3) is 0 Å². The number of ether oxygens (including phenoxy) is 1. The lowest BCUT2D eigenvalue weighted by molar-refractivity contribution is -0.119. The van der Waals surface area contributed by atoms with E-state index in [2.05, 4.69) is 15.6 Å². The molecular weight excluding hydrogens is 274 g/mol. The van der Waals surface area contributed by atoms with Crippen LogP contribution in [0.15, 0.2) is 30.5 Å². The van der Waals surface area contributed by atoms with Crippen molar-refractivity contribution < 1.29 is 9.53 Å². The number of rotatable bonds is 6. The number of aryl methyl sites for hydroxylation is 1. The quantitative estimate of drug-likeness (QED) is 0.859. The van der Waals surface area contributed by atoms with Gasteiger partial charge in [0.1, 0.15) is 6.61 Å². The first-order valence-corrected chi connectivity index (χ1v) is 7.03. The molecule has 0 saturated carbocycles. The molecule has 0 fully saturated rings. The summed E-state index contributed by atoms with van der Waals surface area (Å²) in [5.74, 6) is -0.159. The third-order valence-electron chi connectivity index (χ3n) is 2.58. The molecule has 6 heteroatoms. The molecule has 0 unspecified atom stereocenters. The van der Waals surface area contributed by atoms with Crippen LogP contribution in [0, 0.1) is 6.92 Å². The van der Waals surface area contributed by atoms with Gasteiger partial charge in [-0.3, -0.25) is 4.79 Å². The number of aromatic nitrogens is 1. The fourth-order valence-corrected chi connectivity index (χ4v) is 2.41. The molecule has 5 nitrogen and oxygen atoms in total. The molecule has 2 N–H and O–H groups in total. The van der Waals surface area contributed by atoms with E-state index in [9.17, 15) is 4.79 Å². The van der Waals surface area contributed by atoms with Gasteiger partial charge < -0.3 is 15.4 Å². The number of benzene rings is 1. The summed E-state index contributed by atoms with van der Waals surface area (Å²) >= 11 is 1.68. The maximum Gasteiger partial charge on any atom is 0.250 e. The number of anilines is 2. The summed E-state index contributed by atoms with van der Waals surface area (Å²) in [5, 5.41) is 7.13. The molecule has 1 aromatic heterocycles. The van der Waals surface area contributed by atoms with Crippen molar-refractivity contribution >= 4 is 28.6 Å². The minimum atomic E-state index is -0.159. The summed E-state index contributed by atoms with van der Waals surface area (Å²) in [6.45, 7) is 2.80. The highest BCUT2D eigenvalue weighted by molar-refractivity contribution is 7.11. The first kappa shape index (κ1) is 14.5. The van der Waals surface area contributed by atoms with E-state index in [1.54, 1.807) is 11.3 Å². The Balaban J connectivity index is 1.86. The van der Waals surface area contributed by atoms with Gasteiger partial charge in [0, 0.05) is 29.6 Å². The van der Waals surface area contributed by atoms with Crippen LogP contribution in [0.1, 0.15) is 9.88 Å². The highest BCUT2D eigenvalue weighted by Crippen LogP contribution is 2.17. The molecule has 0 spiro atoms. The Hall–Kier alpha value is -1.92. The van der Waals surface area contributed by atoms with Gasteiger partial charge in [-0.25, -0.2) is 4.98 Å². The summed E-state index contributed by atoms with van der Waals surface area (Å²) in [6.07, 6.45) is 1.88. The number of amides is 1. The number of carbonyl (C=O) groups excluding carboxylic acids is 1. The number of hydrogen-bond donors (Lipinski definition) is 2. The maximum absolute atomic E-state index is 11.4. The minimum Gasteiger partial charge on any atom is -0.380 e. The van der Waals surface area contributed by atoms with Crippen molar-refractivity contribution in [2.24, 2.45) is 0 Å². The lowest BCUT2D eigenvalue weighted by Crippen LogP contribution is -2.16. The molecule has 106 valence electrons. The summed E-state index contributed by atoms with van der Waals surface area (Å²) in [7, 11) is 1.49. The van der Waals surface area contributed by atoms with Gasteiger partial charge in [-0.05, 0) is 31.2 Å². The Morgan fingerprint density at radius 1 is 1.30 bits per heavy atom. The SMILES string of the molecule is COCC(=O)Nc1ccc(NCc2cnc(C)s2)cc1. The third kappa shape index (κ3) is 4.32. The number of thiazole rings is 1. The standard InChI is InChI=1S/C14H17N3O2S/c1-10-15-7-13(20-10)8-16-11-3-5-12(6-4-11)17-14(18)9-19-2/h3-7,16H,8-9H2,1-2H3,(H,17,18). The third-order valence-corrected chi connectivity index (χ3v) is 3.49. The second kappa shape index (κ2) is 7.02. The molecule has 1 aromatic carbocycles. The van der Waals surface area contributed by atoms with E-state index in [0.29, 0.717) is 0 Å². The highest BCUT2D eigenvalue weighted by atomic mass is 32.1. The van der Waals surface area contributed by atoms with Crippen LogP contribution < -0.4 is 10.6 Å². The predicted molar refractivity (Wildman–Crippen MR) is 81.1 cm³/mol. The summed E-state index contributed by atoms with van der Waals surface area (Å²) < 4.78 is 4.76. The van der Waals surface area contributed by atoms with Crippen molar-refractivity contribution in [3.63, 3.8) is 0 Å². The molecule has 0 radical (unpaired) electrons. The van der Waals surface area contributed by atoms with Crippen LogP contribution in [0.25, 0.3) is 0 Å². The van der Waals surface area contributed by atoms with Crippen molar-refractivity contribution in [3.8, 4) is 0 Å². The molecule has 2 aromatic rings. The Kier molecular flexibility index (Phi) is 5.09. The first-order chi connectivity index (χ1) is 9.67. The fourth-order valence-electron chi connectivity index (χ4n) is 1.68. The summed E-state index contributed by atoms with van der Waals surface area (Å²) in [6, 6.07) is 7.56. The van der Waals surface area contributed by atoms with Crippen LogP contribution in [-0.2, 0) is 16.1 Å². The van der Waals surface area contributed by atoms with E-state index in [4.69, 9.17) is 4.74 Å². The van der Waals surface area contributed by atoms with Gasteiger partial charge in [0.15, 0.2) is 0 Å². The number of hydrogen-bond acceptors (Lipinski definition) is 5. The minimum absolute atomic E-state index is 0.0602. The van der Waals surface area contributed by atoms with E-state index in [1.165, 1.54) is 12.0 Å².